The molecule has 0 aliphatic carbocycles. The fourth-order valence-electron chi connectivity index (χ4n) is 1.63. The van der Waals surface area contributed by atoms with Crippen LogP contribution in [0.4, 0.5) is 13.6 Å². The summed E-state index contributed by atoms with van der Waals surface area (Å²) < 4.78 is 31.6. The van der Waals surface area contributed by atoms with E-state index in [0.29, 0.717) is 6.42 Å². The quantitative estimate of drug-likeness (QED) is 0.829. The normalized spacial score (nSPS) is 20.2. The van der Waals surface area contributed by atoms with Crippen LogP contribution in [0.5, 0.6) is 0 Å². The first-order valence-corrected chi connectivity index (χ1v) is 5.03. The average Bonchev–Trinajstić information content (AvgIpc) is 2.15. The first kappa shape index (κ1) is 11.1. The van der Waals surface area contributed by atoms with Gasteiger partial charge in [-0.25, -0.2) is 13.6 Å². The van der Waals surface area contributed by atoms with Crippen LogP contribution in [0.25, 0.3) is 0 Å². The van der Waals surface area contributed by atoms with Gasteiger partial charge < -0.3 is 10.1 Å². The van der Waals surface area contributed by atoms with E-state index in [9.17, 15) is 13.6 Å². The molecule has 0 bridgehead atoms. The third-order valence-corrected chi connectivity index (χ3v) is 2.54. The molecule has 1 amide bonds. The standard InChI is InChI=1S/C10H8ClF2NO2/c11-5-3-6(12)9(7(13)4-5)8-1-2-16-10(15)14-8/h3-4,8H,1-2H2,(H,14,15)/t8-/m1/s1. The second kappa shape index (κ2) is 4.25. The number of nitrogens with one attached hydrogen (secondary N) is 1. The minimum absolute atomic E-state index is 0.0165. The van der Waals surface area contributed by atoms with Crippen molar-refractivity contribution in [1.29, 1.82) is 0 Å². The summed E-state index contributed by atoms with van der Waals surface area (Å²) in [4.78, 5) is 10.9. The van der Waals surface area contributed by atoms with E-state index in [1.54, 1.807) is 0 Å². The van der Waals surface area contributed by atoms with Crippen LogP contribution in [0.3, 0.4) is 0 Å². The number of carbonyl (C=O) groups is 1. The predicted octanol–water partition coefficient (Wildman–Crippen LogP) is 2.79. The van der Waals surface area contributed by atoms with Gasteiger partial charge in [0.25, 0.3) is 0 Å². The molecule has 2 rings (SSSR count). The van der Waals surface area contributed by atoms with Crippen LogP contribution in [0.1, 0.15) is 18.0 Å². The largest absolute Gasteiger partial charge is 0.449 e. The van der Waals surface area contributed by atoms with Crippen molar-refractivity contribution in [2.45, 2.75) is 12.5 Å². The minimum atomic E-state index is -0.766. The predicted molar refractivity (Wildman–Crippen MR) is 53.2 cm³/mol. The van der Waals surface area contributed by atoms with E-state index in [1.807, 2.05) is 0 Å². The smallest absolute Gasteiger partial charge is 0.407 e. The van der Waals surface area contributed by atoms with Gasteiger partial charge in [-0.15, -0.1) is 0 Å². The van der Waals surface area contributed by atoms with Gasteiger partial charge in [-0.3, -0.25) is 0 Å². The number of rotatable bonds is 1. The van der Waals surface area contributed by atoms with Gasteiger partial charge in [0.05, 0.1) is 12.6 Å². The third-order valence-electron chi connectivity index (χ3n) is 2.32. The summed E-state index contributed by atoms with van der Waals surface area (Å²) in [5.41, 5.74) is -0.180. The highest BCUT2D eigenvalue weighted by Gasteiger charge is 2.26. The molecule has 1 saturated heterocycles. The Morgan fingerprint density at radius 1 is 1.38 bits per heavy atom. The van der Waals surface area contributed by atoms with Gasteiger partial charge in [0, 0.05) is 17.0 Å². The van der Waals surface area contributed by atoms with Crippen molar-refractivity contribution in [3.8, 4) is 0 Å². The van der Waals surface area contributed by atoms with Crippen molar-refractivity contribution in [2.24, 2.45) is 0 Å². The van der Waals surface area contributed by atoms with Crippen molar-refractivity contribution < 1.29 is 18.3 Å². The Bertz CT molecular complexity index is 416. The number of ether oxygens (including phenoxy) is 1. The Morgan fingerprint density at radius 3 is 2.56 bits per heavy atom. The molecule has 1 atom stereocenters. The molecule has 1 N–H and O–H groups in total. The molecule has 0 radical (unpaired) electrons. The second-order valence-corrected chi connectivity index (χ2v) is 3.84. The maximum atomic E-state index is 13.5. The molecule has 86 valence electrons. The maximum absolute atomic E-state index is 13.5. The van der Waals surface area contributed by atoms with E-state index in [0.717, 1.165) is 12.1 Å². The monoisotopic (exact) mass is 247 g/mol. The molecule has 1 fully saturated rings. The molecule has 0 saturated carbocycles. The number of benzene rings is 1. The molecule has 1 aliphatic heterocycles. The van der Waals surface area contributed by atoms with Gasteiger partial charge in [0.15, 0.2) is 0 Å². The lowest BCUT2D eigenvalue weighted by atomic mass is 10.0. The Hall–Kier alpha value is -1.36. The summed E-state index contributed by atoms with van der Waals surface area (Å²) in [6.45, 7) is 0.137. The van der Waals surface area contributed by atoms with Gasteiger partial charge in [-0.05, 0) is 12.1 Å². The van der Waals surface area contributed by atoms with E-state index in [2.05, 4.69) is 10.1 Å². The lowest BCUT2D eigenvalue weighted by Crippen LogP contribution is -2.36. The van der Waals surface area contributed by atoms with E-state index in [-0.39, 0.29) is 17.2 Å². The fraction of sp³-hybridized carbons (Fsp3) is 0.300. The van der Waals surface area contributed by atoms with Gasteiger partial charge in [-0.2, -0.15) is 0 Å². The van der Waals surface area contributed by atoms with Crippen molar-refractivity contribution in [1.82, 2.24) is 5.32 Å². The number of carbonyl (C=O) groups excluding carboxylic acids is 1. The second-order valence-electron chi connectivity index (χ2n) is 3.40. The van der Waals surface area contributed by atoms with E-state index >= 15 is 0 Å². The molecule has 1 aliphatic rings. The van der Waals surface area contributed by atoms with Crippen molar-refractivity contribution in [3.63, 3.8) is 0 Å². The Labute approximate surface area is 95.3 Å². The number of halogens is 3. The molecule has 0 aromatic heterocycles. The van der Waals surface area contributed by atoms with Gasteiger partial charge >= 0.3 is 6.09 Å². The highest BCUT2D eigenvalue weighted by Crippen LogP contribution is 2.28. The summed E-state index contributed by atoms with van der Waals surface area (Å²) in [6, 6.07) is 1.32. The molecule has 6 heteroatoms. The minimum Gasteiger partial charge on any atom is -0.449 e. The lowest BCUT2D eigenvalue weighted by Gasteiger charge is -2.24. The molecule has 1 aromatic carbocycles. The Balaban J connectivity index is 2.35. The molecule has 1 aromatic rings. The fourth-order valence-corrected chi connectivity index (χ4v) is 1.82. The topological polar surface area (TPSA) is 38.3 Å². The van der Waals surface area contributed by atoms with Crippen molar-refractivity contribution in [2.75, 3.05) is 6.61 Å². The first-order valence-electron chi connectivity index (χ1n) is 4.65. The molecule has 0 spiro atoms. The van der Waals surface area contributed by atoms with E-state index in [1.165, 1.54) is 0 Å². The third kappa shape index (κ3) is 2.09. The van der Waals surface area contributed by atoms with Gasteiger partial charge in [0.2, 0.25) is 0 Å². The number of cyclic esters (lactones) is 1. The molecular formula is C10H8ClF2NO2. The van der Waals surface area contributed by atoms with Crippen LogP contribution in [-0.4, -0.2) is 12.7 Å². The van der Waals surface area contributed by atoms with Crippen LogP contribution >= 0.6 is 11.6 Å². The summed E-state index contributed by atoms with van der Waals surface area (Å²) >= 11 is 5.50. The number of amides is 1. The first-order chi connectivity index (χ1) is 7.58. The van der Waals surface area contributed by atoms with Crippen molar-refractivity contribution >= 4 is 17.7 Å². The summed E-state index contributed by atoms with van der Waals surface area (Å²) in [7, 11) is 0. The molecule has 0 unspecified atom stereocenters. The highest BCUT2D eigenvalue weighted by atomic mass is 35.5. The summed E-state index contributed by atoms with van der Waals surface area (Å²) in [5.74, 6) is -1.53. The zero-order valence-electron chi connectivity index (χ0n) is 8.10. The van der Waals surface area contributed by atoms with Gasteiger partial charge in [0.1, 0.15) is 11.6 Å². The van der Waals surface area contributed by atoms with Gasteiger partial charge in [-0.1, -0.05) is 11.6 Å². The Kier molecular flexibility index (Phi) is 2.96. The van der Waals surface area contributed by atoms with Crippen LogP contribution < -0.4 is 5.32 Å². The van der Waals surface area contributed by atoms with Crippen LogP contribution in [0.2, 0.25) is 5.02 Å². The van der Waals surface area contributed by atoms with E-state index in [4.69, 9.17) is 11.6 Å². The van der Waals surface area contributed by atoms with E-state index < -0.39 is 23.8 Å². The molecule has 16 heavy (non-hydrogen) atoms. The highest BCUT2D eigenvalue weighted by molar-refractivity contribution is 6.30. The SMILES string of the molecule is O=C1N[C@@H](c2c(F)cc(Cl)cc2F)CCO1. The van der Waals surface area contributed by atoms with Crippen LogP contribution in [-0.2, 0) is 4.74 Å². The average molecular weight is 248 g/mol. The number of alkyl carbamates (subject to hydrolysis) is 1. The molecule has 1 heterocycles. The zero-order valence-corrected chi connectivity index (χ0v) is 8.85. The number of hydrogen-bond acceptors (Lipinski definition) is 2. The Morgan fingerprint density at radius 2 is 2.00 bits per heavy atom. The summed E-state index contributed by atoms with van der Waals surface area (Å²) in [5, 5.41) is 2.33. The van der Waals surface area contributed by atoms with Crippen molar-refractivity contribution in [3.05, 3.63) is 34.4 Å². The zero-order chi connectivity index (χ0) is 11.7. The number of hydrogen-bond donors (Lipinski definition) is 1. The molecule has 3 nitrogen and oxygen atoms in total. The van der Waals surface area contributed by atoms with Crippen LogP contribution in [0, 0.1) is 11.6 Å². The molecular weight excluding hydrogens is 240 g/mol. The lowest BCUT2D eigenvalue weighted by molar-refractivity contribution is 0.114. The van der Waals surface area contributed by atoms with Crippen LogP contribution in [0.15, 0.2) is 12.1 Å². The summed E-state index contributed by atoms with van der Waals surface area (Å²) in [6.07, 6.45) is -0.355. The maximum Gasteiger partial charge on any atom is 0.407 e.